The van der Waals surface area contributed by atoms with Gasteiger partial charge in [0.1, 0.15) is 0 Å². The first-order valence-electron chi connectivity index (χ1n) is 7.93. The minimum atomic E-state index is -3.48. The molecule has 0 spiro atoms. The zero-order chi connectivity index (χ0) is 17.2. The SMILES string of the molecule is CCN(Cc1cccs1)C(=O)c1ccc(S(=O)(=O)NC2CC2)cc1. The van der Waals surface area contributed by atoms with E-state index in [2.05, 4.69) is 4.72 Å². The number of hydrogen-bond acceptors (Lipinski definition) is 4. The third kappa shape index (κ3) is 4.03. The van der Waals surface area contributed by atoms with E-state index in [0.29, 0.717) is 18.7 Å². The summed E-state index contributed by atoms with van der Waals surface area (Å²) in [5.74, 6) is -0.0926. The van der Waals surface area contributed by atoms with Crippen LogP contribution in [0.3, 0.4) is 0 Å². The van der Waals surface area contributed by atoms with Gasteiger partial charge in [0, 0.05) is 23.0 Å². The van der Waals surface area contributed by atoms with Crippen molar-refractivity contribution in [2.45, 2.75) is 37.2 Å². The number of amides is 1. The molecular formula is C17H20N2O3S2. The number of carbonyl (C=O) groups excluding carboxylic acids is 1. The summed E-state index contributed by atoms with van der Waals surface area (Å²) in [5, 5.41) is 1.99. The van der Waals surface area contributed by atoms with Gasteiger partial charge >= 0.3 is 0 Å². The maximum atomic E-state index is 12.6. The van der Waals surface area contributed by atoms with Crippen LogP contribution in [0, 0.1) is 0 Å². The van der Waals surface area contributed by atoms with Gasteiger partial charge in [-0.05, 0) is 55.5 Å². The van der Waals surface area contributed by atoms with Crippen LogP contribution in [0.5, 0.6) is 0 Å². The second-order valence-corrected chi connectivity index (χ2v) is 8.56. The molecule has 1 aliphatic rings. The van der Waals surface area contributed by atoms with Crippen LogP contribution in [-0.4, -0.2) is 31.8 Å². The topological polar surface area (TPSA) is 66.5 Å². The molecule has 5 nitrogen and oxygen atoms in total. The Labute approximate surface area is 146 Å². The van der Waals surface area contributed by atoms with Crippen LogP contribution in [-0.2, 0) is 16.6 Å². The highest BCUT2D eigenvalue weighted by Crippen LogP contribution is 2.22. The minimum absolute atomic E-state index is 0.0673. The van der Waals surface area contributed by atoms with Crippen LogP contribution >= 0.6 is 11.3 Å². The summed E-state index contributed by atoms with van der Waals surface area (Å²) in [5.41, 5.74) is 0.499. The van der Waals surface area contributed by atoms with Gasteiger partial charge in [0.05, 0.1) is 11.4 Å². The van der Waals surface area contributed by atoms with Crippen LogP contribution < -0.4 is 4.72 Å². The van der Waals surface area contributed by atoms with Gasteiger partial charge in [-0.25, -0.2) is 13.1 Å². The average molecular weight is 364 g/mol. The highest BCUT2D eigenvalue weighted by Gasteiger charge is 2.28. The molecule has 1 saturated carbocycles. The lowest BCUT2D eigenvalue weighted by Gasteiger charge is -2.20. The molecule has 0 radical (unpaired) electrons. The average Bonchev–Trinajstić information content (AvgIpc) is 3.23. The molecule has 24 heavy (non-hydrogen) atoms. The van der Waals surface area contributed by atoms with Crippen molar-refractivity contribution in [2.75, 3.05) is 6.54 Å². The summed E-state index contributed by atoms with van der Waals surface area (Å²) in [6, 6.07) is 10.2. The predicted octanol–water partition coefficient (Wildman–Crippen LogP) is 2.85. The zero-order valence-corrected chi connectivity index (χ0v) is 15.1. The minimum Gasteiger partial charge on any atom is -0.334 e. The smallest absolute Gasteiger partial charge is 0.254 e. The molecule has 0 bridgehead atoms. The highest BCUT2D eigenvalue weighted by atomic mass is 32.2. The third-order valence-electron chi connectivity index (χ3n) is 3.91. The van der Waals surface area contributed by atoms with Gasteiger partial charge in [-0.2, -0.15) is 0 Å². The Hall–Kier alpha value is -1.70. The molecule has 2 aromatic rings. The molecule has 1 N–H and O–H groups in total. The van der Waals surface area contributed by atoms with Crippen LogP contribution in [0.4, 0.5) is 0 Å². The van der Waals surface area contributed by atoms with E-state index in [-0.39, 0.29) is 16.8 Å². The van der Waals surface area contributed by atoms with Gasteiger partial charge in [0.15, 0.2) is 0 Å². The van der Waals surface area contributed by atoms with Crippen molar-refractivity contribution in [1.29, 1.82) is 0 Å². The van der Waals surface area contributed by atoms with Gasteiger partial charge in [0.2, 0.25) is 10.0 Å². The zero-order valence-electron chi connectivity index (χ0n) is 13.4. The second kappa shape index (κ2) is 7.04. The number of sulfonamides is 1. The highest BCUT2D eigenvalue weighted by molar-refractivity contribution is 7.89. The maximum Gasteiger partial charge on any atom is 0.254 e. The van der Waals surface area contributed by atoms with Crippen molar-refractivity contribution in [3.63, 3.8) is 0 Å². The summed E-state index contributed by atoms with van der Waals surface area (Å²) in [6.07, 6.45) is 1.79. The largest absolute Gasteiger partial charge is 0.334 e. The van der Waals surface area contributed by atoms with Gasteiger partial charge in [-0.1, -0.05) is 6.07 Å². The molecule has 0 atom stereocenters. The van der Waals surface area contributed by atoms with E-state index in [1.54, 1.807) is 28.4 Å². The van der Waals surface area contributed by atoms with Gasteiger partial charge < -0.3 is 4.90 Å². The lowest BCUT2D eigenvalue weighted by atomic mass is 10.2. The van der Waals surface area contributed by atoms with Crippen molar-refractivity contribution in [2.24, 2.45) is 0 Å². The Balaban J connectivity index is 1.72. The quantitative estimate of drug-likeness (QED) is 0.821. The van der Waals surface area contributed by atoms with Gasteiger partial charge in [0.25, 0.3) is 5.91 Å². The number of rotatable bonds is 7. The first-order valence-corrected chi connectivity index (χ1v) is 10.3. The van der Waals surface area contributed by atoms with E-state index >= 15 is 0 Å². The fourth-order valence-corrected chi connectivity index (χ4v) is 4.39. The summed E-state index contributed by atoms with van der Waals surface area (Å²) in [7, 11) is -3.48. The summed E-state index contributed by atoms with van der Waals surface area (Å²) in [4.78, 5) is 15.7. The lowest BCUT2D eigenvalue weighted by Crippen LogP contribution is -2.30. The van der Waals surface area contributed by atoms with E-state index in [0.717, 1.165) is 17.7 Å². The molecule has 1 amide bonds. The standard InChI is InChI=1S/C17H20N2O3S2/c1-2-19(12-15-4-3-11-23-15)17(20)13-5-9-16(10-6-13)24(21,22)18-14-7-8-14/h3-6,9-11,14,18H,2,7-8,12H2,1H3. The fraction of sp³-hybridized carbons (Fsp3) is 0.353. The molecule has 1 heterocycles. The van der Waals surface area contributed by atoms with E-state index in [9.17, 15) is 13.2 Å². The Morgan fingerprint density at radius 1 is 1.25 bits per heavy atom. The van der Waals surface area contributed by atoms with E-state index in [1.165, 1.54) is 12.1 Å². The maximum absolute atomic E-state index is 12.6. The van der Waals surface area contributed by atoms with E-state index < -0.39 is 10.0 Å². The second-order valence-electron chi connectivity index (χ2n) is 5.82. The molecule has 1 aliphatic carbocycles. The number of nitrogens with zero attached hydrogens (tertiary/aromatic N) is 1. The van der Waals surface area contributed by atoms with Crippen molar-refractivity contribution >= 4 is 27.3 Å². The van der Waals surface area contributed by atoms with Gasteiger partial charge in [-0.15, -0.1) is 11.3 Å². The monoisotopic (exact) mass is 364 g/mol. The molecular weight excluding hydrogens is 344 g/mol. The number of thiophene rings is 1. The van der Waals surface area contributed by atoms with Crippen molar-refractivity contribution in [1.82, 2.24) is 9.62 Å². The lowest BCUT2D eigenvalue weighted by molar-refractivity contribution is 0.0754. The molecule has 1 aromatic carbocycles. The van der Waals surface area contributed by atoms with Crippen molar-refractivity contribution in [3.05, 3.63) is 52.2 Å². The van der Waals surface area contributed by atoms with Gasteiger partial charge in [-0.3, -0.25) is 4.79 Å². The third-order valence-corrected chi connectivity index (χ3v) is 6.30. The first-order chi connectivity index (χ1) is 11.5. The molecule has 0 unspecified atom stereocenters. The number of nitrogens with one attached hydrogen (secondary N) is 1. The number of hydrogen-bond donors (Lipinski definition) is 1. The van der Waals surface area contributed by atoms with E-state index in [1.807, 2.05) is 24.4 Å². The molecule has 1 fully saturated rings. The number of benzene rings is 1. The molecule has 1 aromatic heterocycles. The number of carbonyl (C=O) groups is 1. The fourth-order valence-electron chi connectivity index (χ4n) is 2.37. The Morgan fingerprint density at radius 2 is 1.96 bits per heavy atom. The Kier molecular flexibility index (Phi) is 5.03. The molecule has 0 saturated heterocycles. The molecule has 3 rings (SSSR count). The van der Waals surface area contributed by atoms with Crippen LogP contribution in [0.15, 0.2) is 46.7 Å². The molecule has 128 valence electrons. The van der Waals surface area contributed by atoms with Crippen molar-refractivity contribution in [3.8, 4) is 0 Å². The predicted molar refractivity (Wildman–Crippen MR) is 94.5 cm³/mol. The molecule has 0 aliphatic heterocycles. The summed E-state index contributed by atoms with van der Waals surface area (Å²) >= 11 is 1.62. The van der Waals surface area contributed by atoms with Crippen LogP contribution in [0.25, 0.3) is 0 Å². The Bertz CT molecular complexity index is 795. The van der Waals surface area contributed by atoms with E-state index in [4.69, 9.17) is 0 Å². The Morgan fingerprint density at radius 3 is 2.50 bits per heavy atom. The van der Waals surface area contributed by atoms with Crippen molar-refractivity contribution < 1.29 is 13.2 Å². The molecule has 7 heteroatoms. The summed E-state index contributed by atoms with van der Waals surface area (Å²) < 4.78 is 27.0. The first kappa shape index (κ1) is 17.1. The van der Waals surface area contributed by atoms with Crippen LogP contribution in [0.1, 0.15) is 35.0 Å². The summed E-state index contributed by atoms with van der Waals surface area (Å²) in [6.45, 7) is 3.10. The normalized spacial score (nSPS) is 14.5. The van der Waals surface area contributed by atoms with Crippen LogP contribution in [0.2, 0.25) is 0 Å².